The minimum Gasteiger partial charge on any atom is -0.486 e. The summed E-state index contributed by atoms with van der Waals surface area (Å²) in [6.45, 7) is 3.99. The fraction of sp³-hybridized carbons (Fsp3) is 0.611. The van der Waals surface area contributed by atoms with Crippen LogP contribution in [-0.4, -0.2) is 37.9 Å². The highest BCUT2D eigenvalue weighted by atomic mass is 16.6. The van der Waals surface area contributed by atoms with Crippen LogP contribution >= 0.6 is 0 Å². The highest BCUT2D eigenvalue weighted by Crippen LogP contribution is 2.49. The number of amides is 1. The van der Waals surface area contributed by atoms with Gasteiger partial charge in [-0.15, -0.1) is 0 Å². The van der Waals surface area contributed by atoms with Gasteiger partial charge in [0.15, 0.2) is 11.5 Å². The molecule has 0 unspecified atom stereocenters. The van der Waals surface area contributed by atoms with Crippen molar-refractivity contribution < 1.29 is 19.0 Å². The molecule has 0 spiro atoms. The van der Waals surface area contributed by atoms with Crippen LogP contribution in [0.2, 0.25) is 0 Å². The monoisotopic (exact) mass is 317 g/mol. The predicted octanol–water partition coefficient (Wildman–Crippen LogP) is 2.25. The molecule has 2 heterocycles. The van der Waals surface area contributed by atoms with Crippen molar-refractivity contribution in [3.63, 3.8) is 0 Å². The van der Waals surface area contributed by atoms with Gasteiger partial charge in [0.2, 0.25) is 5.91 Å². The van der Waals surface area contributed by atoms with E-state index in [-0.39, 0.29) is 24.0 Å². The van der Waals surface area contributed by atoms with Gasteiger partial charge >= 0.3 is 0 Å². The highest BCUT2D eigenvalue weighted by Gasteiger charge is 2.44. The summed E-state index contributed by atoms with van der Waals surface area (Å²) in [5.41, 5.74) is 1.18. The summed E-state index contributed by atoms with van der Waals surface area (Å²) in [7, 11) is 0. The number of fused-ring (bicyclic) bond motifs is 1. The van der Waals surface area contributed by atoms with Gasteiger partial charge in [-0.3, -0.25) is 4.79 Å². The van der Waals surface area contributed by atoms with Crippen molar-refractivity contribution in [1.29, 1.82) is 0 Å². The van der Waals surface area contributed by atoms with Crippen molar-refractivity contribution in [2.75, 3.05) is 19.8 Å². The van der Waals surface area contributed by atoms with Gasteiger partial charge in [0.05, 0.1) is 6.10 Å². The Hall–Kier alpha value is -1.75. The Balaban J connectivity index is 1.37. The van der Waals surface area contributed by atoms with E-state index in [1.165, 1.54) is 5.56 Å². The van der Waals surface area contributed by atoms with E-state index in [1.807, 2.05) is 12.1 Å². The first-order chi connectivity index (χ1) is 11.2. The first-order valence-corrected chi connectivity index (χ1v) is 8.52. The molecule has 124 valence electrons. The van der Waals surface area contributed by atoms with Crippen LogP contribution in [0.3, 0.4) is 0 Å². The van der Waals surface area contributed by atoms with Crippen LogP contribution in [0, 0.1) is 5.92 Å². The van der Waals surface area contributed by atoms with Gasteiger partial charge in [0, 0.05) is 18.6 Å². The number of ether oxygens (including phenoxy) is 3. The summed E-state index contributed by atoms with van der Waals surface area (Å²) in [4.78, 5) is 12.4. The van der Waals surface area contributed by atoms with Gasteiger partial charge in [-0.1, -0.05) is 6.07 Å². The zero-order valence-corrected chi connectivity index (χ0v) is 13.4. The standard InChI is InChI=1S/C18H23NO4/c1-11-8-13(4-5-21-11)19-18(20)15-10-14(15)12-2-3-16-17(9-12)23-7-6-22-16/h2-3,9,11,13-15H,4-8,10H2,1H3,(H,19,20)/t11-,13-,14+,15-/m1/s1. The molecule has 5 heteroatoms. The second kappa shape index (κ2) is 6.04. The van der Waals surface area contributed by atoms with Crippen molar-refractivity contribution >= 4 is 5.91 Å². The first kappa shape index (κ1) is 14.8. The Morgan fingerprint density at radius 2 is 1.96 bits per heavy atom. The lowest BCUT2D eigenvalue weighted by molar-refractivity contribution is -0.124. The molecule has 1 saturated carbocycles. The maximum Gasteiger partial charge on any atom is 0.223 e. The normalized spacial score (nSPS) is 32.2. The highest BCUT2D eigenvalue weighted by molar-refractivity contribution is 5.83. The van der Waals surface area contributed by atoms with E-state index in [4.69, 9.17) is 14.2 Å². The lowest BCUT2D eigenvalue weighted by Gasteiger charge is -2.28. The van der Waals surface area contributed by atoms with Crippen LogP contribution in [0.25, 0.3) is 0 Å². The van der Waals surface area contributed by atoms with E-state index < -0.39 is 0 Å². The minimum atomic E-state index is 0.0932. The number of carbonyl (C=O) groups excluding carboxylic acids is 1. The van der Waals surface area contributed by atoms with Gasteiger partial charge in [0.25, 0.3) is 0 Å². The summed E-state index contributed by atoms with van der Waals surface area (Å²) in [5, 5.41) is 3.20. The molecule has 2 fully saturated rings. The lowest BCUT2D eigenvalue weighted by atomic mass is 10.0. The molecule has 2 aliphatic heterocycles. The van der Waals surface area contributed by atoms with Crippen molar-refractivity contribution in [3.05, 3.63) is 23.8 Å². The summed E-state index contributed by atoms with van der Waals surface area (Å²) < 4.78 is 16.7. The largest absolute Gasteiger partial charge is 0.486 e. The minimum absolute atomic E-state index is 0.0932. The molecule has 0 bridgehead atoms. The number of hydrogen-bond acceptors (Lipinski definition) is 4. The van der Waals surface area contributed by atoms with Crippen LogP contribution in [0.5, 0.6) is 11.5 Å². The molecule has 4 atom stereocenters. The van der Waals surface area contributed by atoms with E-state index >= 15 is 0 Å². The molecule has 1 aliphatic carbocycles. The molecule has 1 saturated heterocycles. The van der Waals surface area contributed by atoms with Crippen LogP contribution in [0.1, 0.15) is 37.7 Å². The Kier molecular flexibility index (Phi) is 3.89. The third kappa shape index (κ3) is 3.15. The van der Waals surface area contributed by atoms with Gasteiger partial charge in [-0.05, 0) is 49.8 Å². The van der Waals surface area contributed by atoms with Crippen LogP contribution in [0.15, 0.2) is 18.2 Å². The Bertz CT molecular complexity index is 603. The predicted molar refractivity (Wildman–Crippen MR) is 84.9 cm³/mol. The fourth-order valence-corrected chi connectivity index (χ4v) is 3.58. The van der Waals surface area contributed by atoms with Gasteiger partial charge in [-0.2, -0.15) is 0 Å². The second-order valence-corrected chi connectivity index (χ2v) is 6.76. The average Bonchev–Trinajstić information content (AvgIpc) is 3.35. The van der Waals surface area contributed by atoms with E-state index in [9.17, 15) is 4.79 Å². The molecule has 0 aromatic heterocycles. The smallest absolute Gasteiger partial charge is 0.223 e. The maximum absolute atomic E-state index is 12.4. The van der Waals surface area contributed by atoms with Gasteiger partial charge in [-0.25, -0.2) is 0 Å². The summed E-state index contributed by atoms with van der Waals surface area (Å²) in [6.07, 6.45) is 2.98. The SMILES string of the molecule is C[C@@H]1C[C@H](NC(=O)[C@@H]2C[C@H]2c2ccc3c(c2)OCCO3)CCO1. The average molecular weight is 317 g/mol. The zero-order chi connectivity index (χ0) is 15.8. The Labute approximate surface area is 136 Å². The third-order valence-electron chi connectivity index (χ3n) is 4.95. The van der Waals surface area contributed by atoms with E-state index in [1.54, 1.807) is 0 Å². The molecule has 5 nitrogen and oxygen atoms in total. The molecule has 1 amide bonds. The summed E-state index contributed by atoms with van der Waals surface area (Å²) in [5.74, 6) is 2.19. The van der Waals surface area contributed by atoms with Crippen molar-refractivity contribution in [2.45, 2.75) is 44.2 Å². The van der Waals surface area contributed by atoms with Crippen molar-refractivity contribution in [1.82, 2.24) is 5.32 Å². The Morgan fingerprint density at radius 3 is 2.78 bits per heavy atom. The van der Waals surface area contributed by atoms with Crippen LogP contribution in [-0.2, 0) is 9.53 Å². The molecule has 1 aromatic carbocycles. The Morgan fingerprint density at radius 1 is 1.13 bits per heavy atom. The summed E-state index contributed by atoms with van der Waals surface area (Å²) in [6, 6.07) is 6.30. The van der Waals surface area contributed by atoms with Crippen LogP contribution in [0.4, 0.5) is 0 Å². The van der Waals surface area contributed by atoms with Gasteiger partial charge < -0.3 is 19.5 Å². The summed E-state index contributed by atoms with van der Waals surface area (Å²) >= 11 is 0. The number of rotatable bonds is 3. The van der Waals surface area contributed by atoms with E-state index in [0.29, 0.717) is 19.1 Å². The number of nitrogens with one attached hydrogen (secondary N) is 1. The van der Waals surface area contributed by atoms with Crippen molar-refractivity contribution in [3.8, 4) is 11.5 Å². The molecule has 23 heavy (non-hydrogen) atoms. The lowest BCUT2D eigenvalue weighted by Crippen LogP contribution is -2.42. The quantitative estimate of drug-likeness (QED) is 0.929. The molecule has 1 aromatic rings. The molecule has 1 N–H and O–H groups in total. The molecule has 4 rings (SSSR count). The number of benzene rings is 1. The molecule has 3 aliphatic rings. The molecular formula is C18H23NO4. The van der Waals surface area contributed by atoms with Crippen molar-refractivity contribution in [2.24, 2.45) is 5.92 Å². The zero-order valence-electron chi connectivity index (χ0n) is 13.4. The second-order valence-electron chi connectivity index (χ2n) is 6.76. The van der Waals surface area contributed by atoms with E-state index in [0.717, 1.165) is 37.4 Å². The number of hydrogen-bond donors (Lipinski definition) is 1. The fourth-order valence-electron chi connectivity index (χ4n) is 3.58. The van der Waals surface area contributed by atoms with E-state index in [2.05, 4.69) is 18.3 Å². The molecular weight excluding hydrogens is 294 g/mol. The van der Waals surface area contributed by atoms with Gasteiger partial charge in [0.1, 0.15) is 13.2 Å². The maximum atomic E-state index is 12.4. The third-order valence-corrected chi connectivity index (χ3v) is 4.95. The first-order valence-electron chi connectivity index (χ1n) is 8.52. The topological polar surface area (TPSA) is 56.8 Å². The molecule has 0 radical (unpaired) electrons. The van der Waals surface area contributed by atoms with Crippen LogP contribution < -0.4 is 14.8 Å². The number of carbonyl (C=O) groups is 1.